The van der Waals surface area contributed by atoms with Gasteiger partial charge in [-0.2, -0.15) is 0 Å². The molecule has 4 rings (SSSR count). The minimum absolute atomic E-state index is 0.212. The van der Waals surface area contributed by atoms with E-state index in [1.165, 1.54) is 27.7 Å². The lowest BCUT2D eigenvalue weighted by Gasteiger charge is -2.27. The Labute approximate surface area is 135 Å². The van der Waals surface area contributed by atoms with Crippen LogP contribution in [0.2, 0.25) is 0 Å². The smallest absolute Gasteiger partial charge is 0.227 e. The minimum atomic E-state index is 0.212. The summed E-state index contributed by atoms with van der Waals surface area (Å²) >= 11 is 0. The highest BCUT2D eigenvalue weighted by Gasteiger charge is 2.23. The molecular weight excluding hydrogens is 284 g/mol. The average Bonchev–Trinajstić information content (AvgIpc) is 2.93. The van der Waals surface area contributed by atoms with Crippen LogP contribution in [0.5, 0.6) is 0 Å². The Morgan fingerprint density at radius 2 is 2.00 bits per heavy atom. The molecule has 0 bridgehead atoms. The van der Waals surface area contributed by atoms with E-state index >= 15 is 0 Å². The average molecular weight is 304 g/mol. The van der Waals surface area contributed by atoms with Crippen molar-refractivity contribution in [2.45, 2.75) is 26.3 Å². The molecule has 0 fully saturated rings. The van der Waals surface area contributed by atoms with Gasteiger partial charge in [-0.25, -0.2) is 0 Å². The van der Waals surface area contributed by atoms with E-state index in [0.29, 0.717) is 13.0 Å². The zero-order valence-electron chi connectivity index (χ0n) is 13.3. The number of carbonyl (C=O) groups excluding carboxylic acids is 1. The fraction of sp³-hybridized carbons (Fsp3) is 0.250. The highest BCUT2D eigenvalue weighted by atomic mass is 16.2. The molecule has 1 aliphatic rings. The van der Waals surface area contributed by atoms with Gasteiger partial charge in [-0.05, 0) is 24.6 Å². The first kappa shape index (κ1) is 14.1. The standard InChI is InChI=1S/C20H20N2O/c1-14-7-8-18-16(11-14)17-13-22(10-9-19(17)21-18)20(23)12-15-5-3-2-4-6-15/h2-8,11,21H,9-10,12-13H2,1H3. The maximum atomic E-state index is 12.6. The number of nitrogens with one attached hydrogen (secondary N) is 1. The van der Waals surface area contributed by atoms with Crippen molar-refractivity contribution >= 4 is 16.8 Å². The van der Waals surface area contributed by atoms with Gasteiger partial charge in [0.1, 0.15) is 0 Å². The van der Waals surface area contributed by atoms with Crippen LogP contribution < -0.4 is 0 Å². The summed E-state index contributed by atoms with van der Waals surface area (Å²) in [6.07, 6.45) is 1.39. The van der Waals surface area contributed by atoms with E-state index in [1.807, 2.05) is 35.2 Å². The Balaban J connectivity index is 1.59. The Hall–Kier alpha value is -2.55. The normalized spacial score (nSPS) is 14.0. The third-order valence-corrected chi connectivity index (χ3v) is 4.68. The van der Waals surface area contributed by atoms with Crippen molar-refractivity contribution < 1.29 is 4.79 Å². The van der Waals surface area contributed by atoms with E-state index in [-0.39, 0.29) is 5.91 Å². The second-order valence-electron chi connectivity index (χ2n) is 6.36. The van der Waals surface area contributed by atoms with Gasteiger partial charge in [-0.15, -0.1) is 0 Å². The Bertz CT molecular complexity index is 864. The summed E-state index contributed by atoms with van der Waals surface area (Å²) in [6.45, 7) is 3.62. The van der Waals surface area contributed by atoms with Crippen molar-refractivity contribution in [1.29, 1.82) is 0 Å². The third kappa shape index (κ3) is 2.63. The molecule has 0 aliphatic carbocycles. The summed E-state index contributed by atoms with van der Waals surface area (Å²) in [5.74, 6) is 0.212. The molecule has 3 nitrogen and oxygen atoms in total. The number of H-pyrrole nitrogens is 1. The van der Waals surface area contributed by atoms with Crippen LogP contribution in [0.4, 0.5) is 0 Å². The topological polar surface area (TPSA) is 36.1 Å². The van der Waals surface area contributed by atoms with Crippen molar-refractivity contribution in [3.8, 4) is 0 Å². The van der Waals surface area contributed by atoms with Gasteiger partial charge in [0.15, 0.2) is 0 Å². The summed E-state index contributed by atoms with van der Waals surface area (Å²) in [6, 6.07) is 16.5. The zero-order valence-corrected chi connectivity index (χ0v) is 13.3. The lowest BCUT2D eigenvalue weighted by atomic mass is 10.0. The number of aromatic amines is 1. The Kier molecular flexibility index (Phi) is 3.41. The maximum absolute atomic E-state index is 12.6. The lowest BCUT2D eigenvalue weighted by Crippen LogP contribution is -2.36. The van der Waals surface area contributed by atoms with E-state index < -0.39 is 0 Å². The van der Waals surface area contributed by atoms with Crippen LogP contribution in [0, 0.1) is 6.92 Å². The van der Waals surface area contributed by atoms with Gasteiger partial charge in [-0.3, -0.25) is 4.79 Å². The molecule has 1 amide bonds. The van der Waals surface area contributed by atoms with Gasteiger partial charge in [0, 0.05) is 41.7 Å². The number of aryl methyl sites for hydroxylation is 1. The van der Waals surface area contributed by atoms with Crippen LogP contribution in [0.15, 0.2) is 48.5 Å². The molecule has 1 aliphatic heterocycles. The molecule has 2 aromatic carbocycles. The largest absolute Gasteiger partial charge is 0.358 e. The van der Waals surface area contributed by atoms with Crippen LogP contribution in [0.25, 0.3) is 10.9 Å². The molecule has 23 heavy (non-hydrogen) atoms. The molecule has 2 heterocycles. The summed E-state index contributed by atoms with van der Waals surface area (Å²) in [5, 5.41) is 1.26. The summed E-state index contributed by atoms with van der Waals surface area (Å²) in [7, 11) is 0. The molecule has 116 valence electrons. The Morgan fingerprint density at radius 1 is 1.17 bits per heavy atom. The quantitative estimate of drug-likeness (QED) is 0.771. The number of fused-ring (bicyclic) bond motifs is 3. The second kappa shape index (κ2) is 5.58. The fourth-order valence-electron chi connectivity index (χ4n) is 3.42. The van der Waals surface area contributed by atoms with Crippen molar-refractivity contribution in [3.63, 3.8) is 0 Å². The monoisotopic (exact) mass is 304 g/mol. The molecule has 3 heteroatoms. The van der Waals surface area contributed by atoms with E-state index in [2.05, 4.69) is 30.1 Å². The van der Waals surface area contributed by atoms with E-state index in [9.17, 15) is 4.79 Å². The van der Waals surface area contributed by atoms with Crippen LogP contribution in [0.3, 0.4) is 0 Å². The van der Waals surface area contributed by atoms with Crippen LogP contribution in [0.1, 0.15) is 22.4 Å². The lowest BCUT2D eigenvalue weighted by molar-refractivity contribution is -0.131. The SMILES string of the molecule is Cc1ccc2[nH]c3c(c2c1)CN(C(=O)Cc1ccccc1)CC3. The first-order valence-electron chi connectivity index (χ1n) is 8.12. The van der Waals surface area contributed by atoms with Gasteiger partial charge in [0.2, 0.25) is 5.91 Å². The van der Waals surface area contributed by atoms with Crippen molar-refractivity contribution in [2.24, 2.45) is 0 Å². The van der Waals surface area contributed by atoms with Crippen LogP contribution in [-0.2, 0) is 24.2 Å². The zero-order chi connectivity index (χ0) is 15.8. The van der Waals surface area contributed by atoms with Crippen LogP contribution >= 0.6 is 0 Å². The molecule has 0 saturated heterocycles. The number of hydrogen-bond acceptors (Lipinski definition) is 1. The first-order chi connectivity index (χ1) is 11.2. The van der Waals surface area contributed by atoms with Crippen molar-refractivity contribution in [2.75, 3.05) is 6.54 Å². The minimum Gasteiger partial charge on any atom is -0.358 e. The molecule has 3 aromatic rings. The molecule has 0 saturated carbocycles. The highest BCUT2D eigenvalue weighted by molar-refractivity contribution is 5.87. The van der Waals surface area contributed by atoms with E-state index in [4.69, 9.17) is 0 Å². The number of rotatable bonds is 2. The predicted molar refractivity (Wildman–Crippen MR) is 92.3 cm³/mol. The number of hydrogen-bond donors (Lipinski definition) is 1. The number of amides is 1. The molecular formula is C20H20N2O. The van der Waals surface area contributed by atoms with Gasteiger partial charge >= 0.3 is 0 Å². The molecule has 0 unspecified atom stereocenters. The van der Waals surface area contributed by atoms with Gasteiger partial charge in [0.25, 0.3) is 0 Å². The second-order valence-corrected chi connectivity index (χ2v) is 6.36. The summed E-state index contributed by atoms with van der Waals surface area (Å²) < 4.78 is 0. The van der Waals surface area contributed by atoms with Crippen molar-refractivity contribution in [1.82, 2.24) is 9.88 Å². The van der Waals surface area contributed by atoms with E-state index in [0.717, 1.165) is 18.5 Å². The predicted octanol–water partition coefficient (Wildman–Crippen LogP) is 3.60. The highest BCUT2D eigenvalue weighted by Crippen LogP contribution is 2.28. The van der Waals surface area contributed by atoms with Crippen LogP contribution in [-0.4, -0.2) is 22.3 Å². The molecule has 1 aromatic heterocycles. The maximum Gasteiger partial charge on any atom is 0.227 e. The molecule has 1 N–H and O–H groups in total. The summed E-state index contributed by atoms with van der Waals surface area (Å²) in [5.41, 5.74) is 6.09. The molecule has 0 radical (unpaired) electrons. The third-order valence-electron chi connectivity index (χ3n) is 4.68. The van der Waals surface area contributed by atoms with Gasteiger partial charge < -0.3 is 9.88 Å². The summed E-state index contributed by atoms with van der Waals surface area (Å²) in [4.78, 5) is 18.1. The molecule has 0 spiro atoms. The van der Waals surface area contributed by atoms with Gasteiger partial charge in [0.05, 0.1) is 6.42 Å². The van der Waals surface area contributed by atoms with E-state index in [1.54, 1.807) is 0 Å². The van der Waals surface area contributed by atoms with Gasteiger partial charge in [-0.1, -0.05) is 42.0 Å². The molecule has 0 atom stereocenters. The number of nitrogens with zero attached hydrogens (tertiary/aromatic N) is 1. The number of benzene rings is 2. The fourth-order valence-corrected chi connectivity index (χ4v) is 3.42. The number of aromatic nitrogens is 1. The first-order valence-corrected chi connectivity index (χ1v) is 8.12. The Morgan fingerprint density at radius 3 is 2.83 bits per heavy atom. The number of carbonyl (C=O) groups is 1. The van der Waals surface area contributed by atoms with Crippen molar-refractivity contribution in [3.05, 3.63) is 70.9 Å².